The Balaban J connectivity index is 1.17. The number of aliphatic hydroxyl groups is 1. The number of ether oxygens (including phenoxy) is 1. The van der Waals surface area contributed by atoms with Crippen molar-refractivity contribution in [3.8, 4) is 5.75 Å². The van der Waals surface area contributed by atoms with Gasteiger partial charge in [0, 0.05) is 35.5 Å². The summed E-state index contributed by atoms with van der Waals surface area (Å²) in [4.78, 5) is 24.6. The maximum atomic E-state index is 12.4. The van der Waals surface area contributed by atoms with Crippen LogP contribution in [0.5, 0.6) is 5.75 Å². The van der Waals surface area contributed by atoms with Crippen molar-refractivity contribution < 1.29 is 14.6 Å². The normalized spacial score (nSPS) is 14.6. The monoisotopic (exact) mass is 535 g/mol. The summed E-state index contributed by atoms with van der Waals surface area (Å²) in [5.41, 5.74) is 2.55. The summed E-state index contributed by atoms with van der Waals surface area (Å²) in [6, 6.07) is 9.40. The Morgan fingerprint density at radius 2 is 2.03 bits per heavy atom. The zero-order valence-corrected chi connectivity index (χ0v) is 22.3. The number of anilines is 3. The highest BCUT2D eigenvalue weighted by atomic mass is 32.1. The van der Waals surface area contributed by atoms with Crippen LogP contribution in [0.3, 0.4) is 0 Å². The molecule has 1 aliphatic rings. The van der Waals surface area contributed by atoms with Gasteiger partial charge >= 0.3 is 0 Å². The number of nitrogens with zero attached hydrogens (tertiary/aromatic N) is 5. The summed E-state index contributed by atoms with van der Waals surface area (Å²) in [5, 5.41) is 20.5. The molecule has 0 spiro atoms. The summed E-state index contributed by atoms with van der Waals surface area (Å²) < 4.78 is 7.88. The van der Waals surface area contributed by atoms with Crippen LogP contribution < -0.4 is 15.4 Å². The number of hydrogen-bond donors (Lipinski definition) is 3. The van der Waals surface area contributed by atoms with Crippen molar-refractivity contribution in [2.75, 3.05) is 43.5 Å². The predicted octanol–water partition coefficient (Wildman–Crippen LogP) is 3.89. The van der Waals surface area contributed by atoms with E-state index in [1.165, 1.54) is 17.7 Å². The number of amides is 1. The summed E-state index contributed by atoms with van der Waals surface area (Å²) in [7, 11) is 0. The number of thiazole rings is 1. The molecule has 0 unspecified atom stereocenters. The minimum absolute atomic E-state index is 0.0882. The first-order chi connectivity index (χ1) is 18.6. The fraction of sp³-hybridized carbons (Fsp3) is 0.407. The van der Waals surface area contributed by atoms with Crippen molar-refractivity contribution in [3.05, 3.63) is 59.5 Å². The Hall–Kier alpha value is -3.54. The van der Waals surface area contributed by atoms with Gasteiger partial charge in [-0.15, -0.1) is 11.3 Å². The second kappa shape index (κ2) is 12.3. The minimum atomic E-state index is -0.0882. The van der Waals surface area contributed by atoms with Crippen molar-refractivity contribution in [1.82, 2.24) is 24.5 Å². The van der Waals surface area contributed by atoms with E-state index in [1.807, 2.05) is 43.5 Å². The molecule has 0 aliphatic carbocycles. The van der Waals surface area contributed by atoms with E-state index in [4.69, 9.17) is 4.74 Å². The van der Waals surface area contributed by atoms with Gasteiger partial charge in [0.15, 0.2) is 10.9 Å². The van der Waals surface area contributed by atoms with Gasteiger partial charge in [-0.05, 0) is 57.3 Å². The molecule has 0 saturated carbocycles. The highest BCUT2D eigenvalue weighted by Crippen LogP contribution is 2.31. The maximum absolute atomic E-state index is 12.4. The number of hydrogen-bond acceptors (Lipinski definition) is 9. The van der Waals surface area contributed by atoms with Crippen LogP contribution >= 0.6 is 11.3 Å². The van der Waals surface area contributed by atoms with E-state index in [1.54, 1.807) is 10.7 Å². The average Bonchev–Trinajstić information content (AvgIpc) is 3.51. The van der Waals surface area contributed by atoms with Crippen LogP contribution in [0.4, 0.5) is 16.6 Å². The highest BCUT2D eigenvalue weighted by molar-refractivity contribution is 7.15. The van der Waals surface area contributed by atoms with Gasteiger partial charge in [0.25, 0.3) is 0 Å². The predicted molar refractivity (Wildman–Crippen MR) is 148 cm³/mol. The van der Waals surface area contributed by atoms with Crippen molar-refractivity contribution in [2.45, 2.75) is 32.6 Å². The van der Waals surface area contributed by atoms with Crippen LogP contribution in [0.2, 0.25) is 0 Å². The zero-order valence-electron chi connectivity index (χ0n) is 21.5. The van der Waals surface area contributed by atoms with E-state index in [0.717, 1.165) is 66.3 Å². The highest BCUT2D eigenvalue weighted by Gasteiger charge is 2.19. The lowest BCUT2D eigenvalue weighted by molar-refractivity contribution is -0.115. The van der Waals surface area contributed by atoms with Gasteiger partial charge in [-0.1, -0.05) is 18.2 Å². The van der Waals surface area contributed by atoms with E-state index in [-0.39, 0.29) is 12.3 Å². The third-order valence-corrected chi connectivity index (χ3v) is 7.71. The molecule has 4 heterocycles. The molecule has 1 fully saturated rings. The number of rotatable bonds is 11. The van der Waals surface area contributed by atoms with Crippen LogP contribution in [-0.4, -0.2) is 68.3 Å². The smallest absolute Gasteiger partial charge is 0.229 e. The molecule has 4 aromatic rings. The number of para-hydroxylation sites is 1. The first-order valence-corrected chi connectivity index (χ1v) is 13.8. The average molecular weight is 536 g/mol. The number of likely N-dealkylation sites (tertiary alicyclic amines) is 1. The first kappa shape index (κ1) is 26.1. The first-order valence-electron chi connectivity index (χ1n) is 12.9. The number of benzene rings is 1. The Morgan fingerprint density at radius 3 is 2.82 bits per heavy atom. The molecular weight excluding hydrogens is 502 g/mol. The number of aromatic nitrogens is 4. The van der Waals surface area contributed by atoms with E-state index in [9.17, 15) is 9.90 Å². The van der Waals surface area contributed by atoms with Gasteiger partial charge in [-0.3, -0.25) is 4.79 Å². The quantitative estimate of drug-likeness (QED) is 0.248. The van der Waals surface area contributed by atoms with Crippen molar-refractivity contribution in [2.24, 2.45) is 5.92 Å². The molecule has 1 aliphatic heterocycles. The van der Waals surface area contributed by atoms with Gasteiger partial charge < -0.3 is 25.4 Å². The Labute approximate surface area is 225 Å². The van der Waals surface area contributed by atoms with Crippen LogP contribution in [-0.2, 0) is 11.2 Å². The number of carbonyl (C=O) groups is 1. The molecule has 0 atom stereocenters. The van der Waals surface area contributed by atoms with Crippen LogP contribution in [0, 0.1) is 12.8 Å². The SMILES string of the molecule is Cc1c(OCCCN2CCC(CO)CC2)cn2ncnc(Nc3ncc(CC(=O)Nc4ccccc4)s3)c12. The molecule has 38 heavy (non-hydrogen) atoms. The molecule has 200 valence electrons. The molecular formula is C27H33N7O3S. The molecule has 5 rings (SSSR count). The standard InChI is InChI=1S/C27H33N7O3S/c1-19-23(37-13-5-10-33-11-8-20(17-35)9-12-33)16-34-25(19)26(29-18-30-34)32-27-28-15-22(38-27)14-24(36)31-21-6-3-2-4-7-21/h2-4,6-7,15-16,18,20,35H,5,8-14,17H2,1H3,(H,31,36)(H,28,29,30,32). The van der Waals surface area contributed by atoms with E-state index in [0.29, 0.717) is 30.1 Å². The molecule has 1 saturated heterocycles. The van der Waals surface area contributed by atoms with Crippen molar-refractivity contribution in [3.63, 3.8) is 0 Å². The lowest BCUT2D eigenvalue weighted by Gasteiger charge is -2.30. The number of piperidine rings is 1. The minimum Gasteiger partial charge on any atom is -0.492 e. The summed E-state index contributed by atoms with van der Waals surface area (Å²) >= 11 is 1.42. The number of carbonyl (C=O) groups excluding carboxylic acids is 1. The molecule has 3 N–H and O–H groups in total. The molecule has 1 aromatic carbocycles. The fourth-order valence-electron chi connectivity index (χ4n) is 4.67. The molecule has 11 heteroatoms. The third-order valence-electron chi connectivity index (χ3n) is 6.79. The van der Waals surface area contributed by atoms with Crippen LogP contribution in [0.25, 0.3) is 5.52 Å². The van der Waals surface area contributed by atoms with Crippen molar-refractivity contribution >= 4 is 39.4 Å². The number of nitrogens with one attached hydrogen (secondary N) is 2. The summed E-state index contributed by atoms with van der Waals surface area (Å²) in [6.07, 6.45) is 8.40. The number of aryl methyl sites for hydroxylation is 1. The maximum Gasteiger partial charge on any atom is 0.229 e. The molecule has 0 bridgehead atoms. The second-order valence-electron chi connectivity index (χ2n) is 9.54. The summed E-state index contributed by atoms with van der Waals surface area (Å²) in [6.45, 7) is 6.00. The van der Waals surface area contributed by atoms with Crippen LogP contribution in [0.1, 0.15) is 29.7 Å². The Morgan fingerprint density at radius 1 is 1.21 bits per heavy atom. The molecule has 1 amide bonds. The Kier molecular flexibility index (Phi) is 8.47. The van der Waals surface area contributed by atoms with Gasteiger partial charge in [0.1, 0.15) is 17.6 Å². The van der Waals surface area contributed by atoms with Crippen LogP contribution in [0.15, 0.2) is 49.1 Å². The van der Waals surface area contributed by atoms with E-state index in [2.05, 4.69) is 30.6 Å². The Bertz CT molecular complexity index is 1350. The second-order valence-corrected chi connectivity index (χ2v) is 10.7. The third kappa shape index (κ3) is 6.47. The van der Waals surface area contributed by atoms with E-state index < -0.39 is 0 Å². The van der Waals surface area contributed by atoms with E-state index >= 15 is 0 Å². The molecule has 0 radical (unpaired) electrons. The van der Waals surface area contributed by atoms with Gasteiger partial charge in [0.2, 0.25) is 5.91 Å². The lowest BCUT2D eigenvalue weighted by atomic mass is 9.98. The molecule has 10 nitrogen and oxygen atoms in total. The van der Waals surface area contributed by atoms with Gasteiger partial charge in [-0.25, -0.2) is 14.5 Å². The number of fused-ring (bicyclic) bond motifs is 1. The van der Waals surface area contributed by atoms with Gasteiger partial charge in [0.05, 0.1) is 19.2 Å². The summed E-state index contributed by atoms with van der Waals surface area (Å²) in [5.74, 6) is 1.78. The lowest BCUT2D eigenvalue weighted by Crippen LogP contribution is -2.35. The van der Waals surface area contributed by atoms with Crippen molar-refractivity contribution in [1.29, 1.82) is 0 Å². The molecule has 3 aromatic heterocycles. The topological polar surface area (TPSA) is 117 Å². The van der Waals surface area contributed by atoms with Gasteiger partial charge in [-0.2, -0.15) is 5.10 Å². The largest absolute Gasteiger partial charge is 0.492 e. The fourth-order valence-corrected chi connectivity index (χ4v) is 5.48. The number of aliphatic hydroxyl groups excluding tert-OH is 1. The zero-order chi connectivity index (χ0) is 26.3.